The first-order valence-electron chi connectivity index (χ1n) is 12.4. The zero-order valence-electron chi connectivity index (χ0n) is 20.9. The largest absolute Gasteiger partial charge is 0.457 e. The first-order valence-corrected chi connectivity index (χ1v) is 12.4. The number of hydrogen-bond acceptors (Lipinski definition) is 7. The van der Waals surface area contributed by atoms with E-state index >= 15 is 0 Å². The Morgan fingerprint density at radius 1 is 1.36 bits per heavy atom. The molecule has 4 aliphatic rings. The molecule has 4 rings (SSSR count). The molecule has 12 atom stereocenters. The number of carbonyl (C=O) groups is 1. The topological polar surface area (TPSA) is 97.2 Å². The van der Waals surface area contributed by atoms with Crippen LogP contribution in [0.2, 0.25) is 0 Å². The van der Waals surface area contributed by atoms with Crippen LogP contribution in [0.4, 0.5) is 0 Å². The fourth-order valence-electron chi connectivity index (χ4n) is 7.31. The van der Waals surface area contributed by atoms with Gasteiger partial charge in [-0.05, 0) is 32.4 Å². The molecule has 2 aliphatic heterocycles. The number of aliphatic hydroxyl groups is 2. The van der Waals surface area contributed by atoms with E-state index in [0.29, 0.717) is 6.42 Å². The van der Waals surface area contributed by atoms with Gasteiger partial charge in [-0.15, -0.1) is 0 Å². The number of carbonyl (C=O) groups excluding carboxylic acids is 1. The maximum absolute atomic E-state index is 13.0. The van der Waals surface area contributed by atoms with Crippen molar-refractivity contribution in [3.63, 3.8) is 0 Å². The average Bonchev–Trinajstić information content (AvgIpc) is 2.88. The third-order valence-electron chi connectivity index (χ3n) is 8.91. The summed E-state index contributed by atoms with van der Waals surface area (Å²) in [6, 6.07) is 0.0167. The molecule has 0 aromatic heterocycles. The lowest BCUT2D eigenvalue weighted by molar-refractivity contribution is -0.172. The van der Waals surface area contributed by atoms with Crippen LogP contribution in [0.25, 0.3) is 0 Å². The van der Waals surface area contributed by atoms with Crippen LogP contribution >= 0.6 is 0 Å². The maximum atomic E-state index is 13.0. The molecule has 12 unspecified atom stereocenters. The van der Waals surface area contributed by atoms with Crippen LogP contribution in [0.3, 0.4) is 0 Å². The van der Waals surface area contributed by atoms with Gasteiger partial charge in [0.25, 0.3) is 0 Å². The Morgan fingerprint density at radius 2 is 2.06 bits per heavy atom. The molecule has 2 aliphatic carbocycles. The molecule has 7 heteroatoms. The predicted molar refractivity (Wildman–Crippen MR) is 124 cm³/mol. The molecule has 1 spiro atoms. The molecule has 186 valence electrons. The average molecular weight is 464 g/mol. The van der Waals surface area contributed by atoms with Crippen LogP contribution in [0, 0.1) is 29.1 Å². The van der Waals surface area contributed by atoms with Gasteiger partial charge in [0.1, 0.15) is 11.7 Å². The molecule has 1 saturated carbocycles. The predicted octanol–water partition coefficient (Wildman–Crippen LogP) is 2.21. The first kappa shape index (κ1) is 24.9. The zero-order chi connectivity index (χ0) is 24.3. The lowest BCUT2D eigenvalue weighted by atomic mass is 9.51. The van der Waals surface area contributed by atoms with Crippen LogP contribution < -0.4 is 5.32 Å². The van der Waals surface area contributed by atoms with Crippen molar-refractivity contribution in [2.75, 3.05) is 13.7 Å². The van der Waals surface area contributed by atoms with Gasteiger partial charge < -0.3 is 29.7 Å². The Bertz CT molecular complexity index is 826. The standard InChI is InChI=1S/C26H41NO6/c1-8-27-19-15(4)20(29)22-25(6)10-9-17-12-18(31-7)24(30)32-21(16(5)28)13(2)11-14(3)26(17,22)33-23(19)25/h9-11,13,15-23,27-29H,8,12H2,1-7H3/b14-11+. The number of esters is 1. The quantitative estimate of drug-likeness (QED) is 0.434. The number of likely N-dealkylation sites (N-methyl/N-ethyl adjacent to an activating group) is 1. The van der Waals surface area contributed by atoms with Crippen molar-refractivity contribution in [3.8, 4) is 0 Å². The number of methoxy groups -OCH3 is 1. The number of rotatable bonds is 4. The van der Waals surface area contributed by atoms with Crippen molar-refractivity contribution in [2.24, 2.45) is 29.1 Å². The monoisotopic (exact) mass is 463 g/mol. The summed E-state index contributed by atoms with van der Waals surface area (Å²) in [6.45, 7) is 12.8. The highest BCUT2D eigenvalue weighted by Gasteiger charge is 2.72. The fraction of sp³-hybridized carbons (Fsp3) is 0.808. The van der Waals surface area contributed by atoms with E-state index < -0.39 is 36.0 Å². The Hall–Kier alpha value is -1.25. The summed E-state index contributed by atoms with van der Waals surface area (Å²) >= 11 is 0. The lowest BCUT2D eigenvalue weighted by Crippen LogP contribution is -2.63. The molecule has 2 heterocycles. The molecular formula is C26H41NO6. The molecule has 4 bridgehead atoms. The van der Waals surface area contributed by atoms with Gasteiger partial charge in [-0.2, -0.15) is 0 Å². The Balaban J connectivity index is 1.90. The summed E-state index contributed by atoms with van der Waals surface area (Å²) < 4.78 is 18.4. The number of cyclic esters (lactones) is 1. The molecule has 0 aromatic carbocycles. The molecule has 33 heavy (non-hydrogen) atoms. The minimum absolute atomic E-state index is 0.0167. The summed E-state index contributed by atoms with van der Waals surface area (Å²) in [4.78, 5) is 13.0. The van der Waals surface area contributed by atoms with E-state index in [0.717, 1.165) is 12.1 Å². The second kappa shape index (κ2) is 8.76. The van der Waals surface area contributed by atoms with Crippen LogP contribution in [-0.2, 0) is 19.0 Å². The van der Waals surface area contributed by atoms with Crippen molar-refractivity contribution in [3.05, 3.63) is 23.8 Å². The van der Waals surface area contributed by atoms with E-state index in [1.165, 1.54) is 7.11 Å². The van der Waals surface area contributed by atoms with E-state index in [-0.39, 0.29) is 41.2 Å². The highest BCUT2D eigenvalue weighted by atomic mass is 16.6. The molecule has 7 nitrogen and oxygen atoms in total. The summed E-state index contributed by atoms with van der Waals surface area (Å²) in [5.74, 6) is -1.00. The van der Waals surface area contributed by atoms with Gasteiger partial charge in [0.15, 0.2) is 6.10 Å². The molecule has 3 N–H and O–H groups in total. The Kier molecular flexibility index (Phi) is 6.60. The number of aliphatic hydroxyl groups excluding tert-OH is 2. The minimum atomic E-state index is -0.831. The minimum Gasteiger partial charge on any atom is -0.457 e. The van der Waals surface area contributed by atoms with Crippen LogP contribution in [0.5, 0.6) is 0 Å². The van der Waals surface area contributed by atoms with Gasteiger partial charge in [-0.3, -0.25) is 0 Å². The van der Waals surface area contributed by atoms with Crippen molar-refractivity contribution in [1.29, 1.82) is 0 Å². The highest BCUT2D eigenvalue weighted by molar-refractivity contribution is 5.75. The zero-order valence-corrected chi connectivity index (χ0v) is 20.9. The highest BCUT2D eigenvalue weighted by Crippen LogP contribution is 2.65. The first-order chi connectivity index (χ1) is 15.5. The maximum Gasteiger partial charge on any atom is 0.335 e. The normalized spacial score (nSPS) is 51.8. The van der Waals surface area contributed by atoms with Crippen molar-refractivity contribution < 1.29 is 29.2 Å². The van der Waals surface area contributed by atoms with Crippen molar-refractivity contribution in [2.45, 2.75) is 90.1 Å². The third kappa shape index (κ3) is 3.54. The van der Waals surface area contributed by atoms with Gasteiger partial charge >= 0.3 is 5.97 Å². The Labute approximate surface area is 197 Å². The van der Waals surface area contributed by atoms with Crippen LogP contribution in [-0.4, -0.2) is 72.0 Å². The molecule has 2 fully saturated rings. The number of ether oxygens (including phenoxy) is 3. The van der Waals surface area contributed by atoms with E-state index in [1.54, 1.807) is 6.92 Å². The number of nitrogens with one attached hydrogen (secondary N) is 1. The van der Waals surface area contributed by atoms with Gasteiger partial charge in [-0.1, -0.05) is 45.9 Å². The van der Waals surface area contributed by atoms with Gasteiger partial charge in [0, 0.05) is 42.2 Å². The van der Waals surface area contributed by atoms with Gasteiger partial charge in [0.05, 0.1) is 18.3 Å². The SMILES string of the molecule is CCNC1C(C)C(O)C2C3(C)C=CC4CC(OC)C(=O)OC(C(C)O)C(C)/C=C(\C)C42OC13. The molecule has 0 radical (unpaired) electrons. The second-order valence-electron chi connectivity index (χ2n) is 10.9. The van der Waals surface area contributed by atoms with Crippen molar-refractivity contribution >= 4 is 5.97 Å². The summed E-state index contributed by atoms with van der Waals surface area (Å²) in [5, 5.41) is 25.7. The van der Waals surface area contributed by atoms with E-state index in [9.17, 15) is 15.0 Å². The van der Waals surface area contributed by atoms with Crippen LogP contribution in [0.1, 0.15) is 48.0 Å². The van der Waals surface area contributed by atoms with Crippen LogP contribution in [0.15, 0.2) is 23.8 Å². The Morgan fingerprint density at radius 3 is 2.67 bits per heavy atom. The summed E-state index contributed by atoms with van der Waals surface area (Å²) in [7, 11) is 1.51. The van der Waals surface area contributed by atoms with E-state index in [2.05, 4.69) is 51.2 Å². The molecule has 1 saturated heterocycles. The molecule has 0 amide bonds. The van der Waals surface area contributed by atoms with E-state index in [4.69, 9.17) is 14.2 Å². The number of hydrogen-bond donors (Lipinski definition) is 3. The fourth-order valence-corrected chi connectivity index (χ4v) is 7.31. The van der Waals surface area contributed by atoms with Gasteiger partial charge in [-0.25, -0.2) is 4.79 Å². The molecule has 0 aromatic rings. The summed E-state index contributed by atoms with van der Waals surface area (Å²) in [6.07, 6.45) is 3.83. The molecular weight excluding hydrogens is 422 g/mol. The van der Waals surface area contributed by atoms with E-state index in [1.807, 2.05) is 6.92 Å². The second-order valence-corrected chi connectivity index (χ2v) is 10.9. The van der Waals surface area contributed by atoms with Crippen molar-refractivity contribution in [1.82, 2.24) is 5.32 Å². The van der Waals surface area contributed by atoms with Gasteiger partial charge in [0.2, 0.25) is 0 Å². The summed E-state index contributed by atoms with van der Waals surface area (Å²) in [5.41, 5.74) is -0.0903. The smallest absolute Gasteiger partial charge is 0.335 e. The lowest BCUT2D eigenvalue weighted by Gasteiger charge is -2.53. The third-order valence-corrected chi connectivity index (χ3v) is 8.91.